The maximum atomic E-state index is 12.0. The average molecular weight is 242 g/mol. The molecular weight excluding hydrogens is 212 g/mol. The van der Waals surface area contributed by atoms with Crippen LogP contribution in [0.3, 0.4) is 0 Å². The van der Waals surface area contributed by atoms with Crippen molar-refractivity contribution in [2.75, 3.05) is 19.6 Å². The molecule has 0 fully saturated rings. The Kier molecular flexibility index (Phi) is 10.2. The van der Waals surface area contributed by atoms with E-state index in [0.717, 1.165) is 51.7 Å². The highest BCUT2D eigenvalue weighted by Gasteiger charge is 2.14. The molecule has 1 amide bonds. The maximum Gasteiger partial charge on any atom is 0.222 e. The molecule has 0 aromatic heterocycles. The van der Waals surface area contributed by atoms with Crippen LogP contribution in [0.4, 0.5) is 0 Å². The lowest BCUT2D eigenvalue weighted by Crippen LogP contribution is -2.34. The van der Waals surface area contributed by atoms with E-state index in [0.29, 0.717) is 18.2 Å². The molecule has 0 radical (unpaired) electrons. The Bertz CT molecular complexity index is 191. The van der Waals surface area contributed by atoms with E-state index in [1.165, 1.54) is 0 Å². The Hall–Kier alpha value is -0.570. The van der Waals surface area contributed by atoms with E-state index in [1.807, 2.05) is 4.90 Å². The first-order valence-corrected chi connectivity index (χ1v) is 7.17. The molecule has 2 N–H and O–H groups in total. The van der Waals surface area contributed by atoms with Crippen LogP contribution in [0.1, 0.15) is 59.3 Å². The van der Waals surface area contributed by atoms with Gasteiger partial charge in [0.05, 0.1) is 0 Å². The molecule has 0 aliphatic heterocycles. The van der Waals surface area contributed by atoms with E-state index in [1.54, 1.807) is 0 Å². The van der Waals surface area contributed by atoms with E-state index >= 15 is 0 Å². The van der Waals surface area contributed by atoms with E-state index in [4.69, 9.17) is 5.73 Å². The molecule has 0 spiro atoms. The normalized spacial score (nSPS) is 10.9. The van der Waals surface area contributed by atoms with Crippen LogP contribution in [0.15, 0.2) is 0 Å². The number of carbonyl (C=O) groups is 1. The lowest BCUT2D eigenvalue weighted by atomic mass is 10.0. The third-order valence-electron chi connectivity index (χ3n) is 3.46. The quantitative estimate of drug-likeness (QED) is 0.599. The van der Waals surface area contributed by atoms with Gasteiger partial charge in [-0.15, -0.1) is 0 Å². The summed E-state index contributed by atoms with van der Waals surface area (Å²) in [4.78, 5) is 14.0. The molecule has 102 valence electrons. The lowest BCUT2D eigenvalue weighted by molar-refractivity contribution is -0.131. The Morgan fingerprint density at radius 3 is 2.24 bits per heavy atom. The SMILES string of the molecule is CCC(CC)CN(CC)C(=O)CCCCCN. The fourth-order valence-corrected chi connectivity index (χ4v) is 2.02. The molecule has 0 unspecified atom stereocenters. The zero-order valence-corrected chi connectivity index (χ0v) is 11.9. The summed E-state index contributed by atoms with van der Waals surface area (Å²) < 4.78 is 0. The number of hydrogen-bond donors (Lipinski definition) is 1. The van der Waals surface area contributed by atoms with E-state index in [-0.39, 0.29) is 0 Å². The zero-order valence-electron chi connectivity index (χ0n) is 11.9. The number of amides is 1. The van der Waals surface area contributed by atoms with Gasteiger partial charge in [0, 0.05) is 19.5 Å². The number of carbonyl (C=O) groups excluding carboxylic acids is 1. The lowest BCUT2D eigenvalue weighted by Gasteiger charge is -2.25. The van der Waals surface area contributed by atoms with Crippen LogP contribution >= 0.6 is 0 Å². The molecule has 0 atom stereocenters. The molecule has 17 heavy (non-hydrogen) atoms. The first-order chi connectivity index (χ1) is 8.19. The van der Waals surface area contributed by atoms with Crippen molar-refractivity contribution in [3.8, 4) is 0 Å². The number of hydrogen-bond acceptors (Lipinski definition) is 2. The van der Waals surface area contributed by atoms with Crippen LogP contribution in [0.25, 0.3) is 0 Å². The minimum Gasteiger partial charge on any atom is -0.343 e. The first kappa shape index (κ1) is 16.4. The number of nitrogens with zero attached hydrogens (tertiary/aromatic N) is 1. The molecule has 0 saturated carbocycles. The van der Waals surface area contributed by atoms with Crippen molar-refractivity contribution in [2.45, 2.75) is 59.3 Å². The van der Waals surface area contributed by atoms with Crippen molar-refractivity contribution >= 4 is 5.91 Å². The maximum absolute atomic E-state index is 12.0. The van der Waals surface area contributed by atoms with Crippen molar-refractivity contribution in [2.24, 2.45) is 11.7 Å². The molecule has 0 aliphatic carbocycles. The average Bonchev–Trinajstić information content (AvgIpc) is 2.36. The van der Waals surface area contributed by atoms with E-state index in [9.17, 15) is 4.79 Å². The highest BCUT2D eigenvalue weighted by atomic mass is 16.2. The minimum atomic E-state index is 0.316. The van der Waals surface area contributed by atoms with Crippen molar-refractivity contribution in [3.63, 3.8) is 0 Å². The smallest absolute Gasteiger partial charge is 0.222 e. The second-order valence-corrected chi connectivity index (χ2v) is 4.71. The van der Waals surface area contributed by atoms with Crippen molar-refractivity contribution in [3.05, 3.63) is 0 Å². The second kappa shape index (κ2) is 10.6. The summed E-state index contributed by atoms with van der Waals surface area (Å²) in [5, 5.41) is 0. The van der Waals surface area contributed by atoms with Crippen molar-refractivity contribution in [1.29, 1.82) is 0 Å². The van der Waals surface area contributed by atoms with E-state index in [2.05, 4.69) is 20.8 Å². The Morgan fingerprint density at radius 1 is 1.12 bits per heavy atom. The van der Waals surface area contributed by atoms with Gasteiger partial charge in [-0.3, -0.25) is 4.79 Å². The first-order valence-electron chi connectivity index (χ1n) is 7.17. The molecule has 0 aromatic carbocycles. The summed E-state index contributed by atoms with van der Waals surface area (Å²) in [7, 11) is 0. The van der Waals surface area contributed by atoms with Gasteiger partial charge >= 0.3 is 0 Å². The van der Waals surface area contributed by atoms with Crippen LogP contribution in [-0.2, 0) is 4.79 Å². The van der Waals surface area contributed by atoms with Crippen LogP contribution in [-0.4, -0.2) is 30.4 Å². The van der Waals surface area contributed by atoms with Crippen LogP contribution < -0.4 is 5.73 Å². The summed E-state index contributed by atoms with van der Waals surface area (Å²) >= 11 is 0. The Labute approximate surface area is 107 Å². The molecular formula is C14H30N2O. The van der Waals surface area contributed by atoms with Gasteiger partial charge in [-0.2, -0.15) is 0 Å². The topological polar surface area (TPSA) is 46.3 Å². The van der Waals surface area contributed by atoms with Gasteiger partial charge in [-0.05, 0) is 32.2 Å². The molecule has 0 aromatic rings. The summed E-state index contributed by atoms with van der Waals surface area (Å²) in [6, 6.07) is 0. The van der Waals surface area contributed by atoms with Gasteiger partial charge in [0.15, 0.2) is 0 Å². The standard InChI is InChI=1S/C14H30N2O/c1-4-13(5-2)12-16(6-3)14(17)10-8-7-9-11-15/h13H,4-12,15H2,1-3H3. The Balaban J connectivity index is 3.94. The zero-order chi connectivity index (χ0) is 13.1. The van der Waals surface area contributed by atoms with Crippen LogP contribution in [0.5, 0.6) is 0 Å². The van der Waals surface area contributed by atoms with Crippen LogP contribution in [0, 0.1) is 5.92 Å². The Morgan fingerprint density at radius 2 is 1.76 bits per heavy atom. The number of rotatable bonds is 10. The van der Waals surface area contributed by atoms with Gasteiger partial charge in [-0.1, -0.05) is 33.1 Å². The fourth-order valence-electron chi connectivity index (χ4n) is 2.02. The third kappa shape index (κ3) is 7.37. The number of unbranched alkanes of at least 4 members (excludes halogenated alkanes) is 2. The van der Waals surface area contributed by atoms with Crippen molar-refractivity contribution < 1.29 is 4.79 Å². The van der Waals surface area contributed by atoms with Gasteiger partial charge < -0.3 is 10.6 Å². The molecule has 3 nitrogen and oxygen atoms in total. The monoisotopic (exact) mass is 242 g/mol. The largest absolute Gasteiger partial charge is 0.343 e. The van der Waals surface area contributed by atoms with Gasteiger partial charge in [0.1, 0.15) is 0 Å². The number of nitrogens with two attached hydrogens (primary N) is 1. The van der Waals surface area contributed by atoms with E-state index < -0.39 is 0 Å². The second-order valence-electron chi connectivity index (χ2n) is 4.71. The summed E-state index contributed by atoms with van der Waals surface area (Å²) in [5.74, 6) is 0.972. The molecule has 0 rings (SSSR count). The summed E-state index contributed by atoms with van der Waals surface area (Å²) in [6.45, 7) is 8.98. The summed E-state index contributed by atoms with van der Waals surface area (Å²) in [5.41, 5.74) is 5.44. The minimum absolute atomic E-state index is 0.316. The molecule has 0 heterocycles. The predicted octanol–water partition coefficient (Wildman–Crippen LogP) is 2.79. The van der Waals surface area contributed by atoms with Crippen molar-refractivity contribution in [1.82, 2.24) is 4.90 Å². The molecule has 3 heteroatoms. The fraction of sp³-hybridized carbons (Fsp3) is 0.929. The highest BCUT2D eigenvalue weighted by Crippen LogP contribution is 2.11. The van der Waals surface area contributed by atoms with Gasteiger partial charge in [0.2, 0.25) is 5.91 Å². The highest BCUT2D eigenvalue weighted by molar-refractivity contribution is 5.76. The predicted molar refractivity (Wildman–Crippen MR) is 73.8 cm³/mol. The molecule has 0 saturated heterocycles. The summed E-state index contributed by atoms with van der Waals surface area (Å²) in [6.07, 6.45) is 6.10. The third-order valence-corrected chi connectivity index (χ3v) is 3.46. The van der Waals surface area contributed by atoms with Gasteiger partial charge in [0.25, 0.3) is 0 Å². The van der Waals surface area contributed by atoms with Crippen LogP contribution in [0.2, 0.25) is 0 Å². The molecule has 0 bridgehead atoms. The molecule has 0 aliphatic rings. The van der Waals surface area contributed by atoms with Gasteiger partial charge in [-0.25, -0.2) is 0 Å².